The highest BCUT2D eigenvalue weighted by Gasteiger charge is 2.48. The molecule has 0 aliphatic carbocycles. The fraction of sp³-hybridized carbons (Fsp3) is 0.419. The van der Waals surface area contributed by atoms with Crippen LogP contribution in [-0.4, -0.2) is 73.7 Å². The summed E-state index contributed by atoms with van der Waals surface area (Å²) in [5.74, 6) is 1.21. The van der Waals surface area contributed by atoms with E-state index >= 15 is 0 Å². The minimum absolute atomic E-state index is 0.0728. The summed E-state index contributed by atoms with van der Waals surface area (Å²) in [7, 11) is 1.45. The first-order valence-corrected chi connectivity index (χ1v) is 15.3. The second-order valence-corrected chi connectivity index (χ2v) is 13.3. The number of carbonyl (C=O) groups excluding carboxylic acids is 1. The Morgan fingerprint density at radius 2 is 1.76 bits per heavy atom. The maximum absolute atomic E-state index is 13.8. The Balaban J connectivity index is 1.36. The molecule has 9 nitrogen and oxygen atoms in total. The van der Waals surface area contributed by atoms with Gasteiger partial charge in [0, 0.05) is 42.8 Å². The number of piperidine rings is 1. The third-order valence-electron chi connectivity index (χ3n) is 8.57. The number of hydrogen-bond acceptors (Lipinski definition) is 7. The molecule has 10 heteroatoms. The minimum atomic E-state index is -3.69. The van der Waals surface area contributed by atoms with Gasteiger partial charge >= 0.3 is 0 Å². The molecule has 0 saturated carbocycles. The number of ether oxygens (including phenoxy) is 2. The highest BCUT2D eigenvalue weighted by molar-refractivity contribution is 7.89. The number of aromatic nitrogens is 1. The molecular formula is C31H38N4O5S. The molecule has 2 atom stereocenters. The molecule has 0 N–H and O–H groups in total. The second kappa shape index (κ2) is 11.0. The Labute approximate surface area is 242 Å². The molecule has 1 saturated heterocycles. The van der Waals surface area contributed by atoms with Crippen molar-refractivity contribution in [3.63, 3.8) is 0 Å². The molecule has 41 heavy (non-hydrogen) atoms. The standard InChI is InChI=1S/C31H38N4O5S/c1-7-28(22-8-10-25-21(18-22)12-15-33(25)4)41(37,38)34-16-13-24(14-17-34)35-29(20-36)31(2,3)30(32-35)23-9-11-26(39-5)27(19-23)40-6/h7-12,15,18-20,24,28-29H,1,13-14,16-17H2,2-6H3. The molecule has 1 fully saturated rings. The van der Waals surface area contributed by atoms with E-state index in [0.717, 1.165) is 28.5 Å². The summed E-state index contributed by atoms with van der Waals surface area (Å²) in [6, 6.07) is 12.8. The van der Waals surface area contributed by atoms with Crippen molar-refractivity contribution in [2.75, 3.05) is 27.3 Å². The molecule has 0 bridgehead atoms. The molecule has 0 amide bonds. The minimum Gasteiger partial charge on any atom is -0.493 e. The van der Waals surface area contributed by atoms with Gasteiger partial charge in [-0.3, -0.25) is 5.01 Å². The molecule has 5 rings (SSSR count). The summed E-state index contributed by atoms with van der Waals surface area (Å²) in [6.45, 7) is 8.58. The van der Waals surface area contributed by atoms with Crippen LogP contribution in [-0.2, 0) is 21.9 Å². The lowest BCUT2D eigenvalue weighted by Crippen LogP contribution is -2.50. The first-order valence-electron chi connectivity index (χ1n) is 13.8. The molecule has 2 aromatic carbocycles. The van der Waals surface area contributed by atoms with Gasteiger partial charge in [0.2, 0.25) is 10.0 Å². The third-order valence-corrected chi connectivity index (χ3v) is 10.8. The van der Waals surface area contributed by atoms with E-state index in [1.165, 1.54) is 6.08 Å². The van der Waals surface area contributed by atoms with Crippen LogP contribution in [0.1, 0.15) is 43.1 Å². The van der Waals surface area contributed by atoms with E-state index in [2.05, 4.69) is 6.58 Å². The van der Waals surface area contributed by atoms with E-state index in [4.69, 9.17) is 14.6 Å². The van der Waals surface area contributed by atoms with Crippen LogP contribution in [0.4, 0.5) is 0 Å². The van der Waals surface area contributed by atoms with Crippen LogP contribution in [0.2, 0.25) is 0 Å². The predicted molar refractivity (Wildman–Crippen MR) is 161 cm³/mol. The predicted octanol–water partition coefficient (Wildman–Crippen LogP) is 4.53. The quantitative estimate of drug-likeness (QED) is 0.274. The van der Waals surface area contributed by atoms with E-state index in [1.807, 2.05) is 79.1 Å². The van der Waals surface area contributed by atoms with Crippen LogP contribution in [0.3, 0.4) is 0 Å². The molecular weight excluding hydrogens is 540 g/mol. The van der Waals surface area contributed by atoms with Gasteiger partial charge in [-0.25, -0.2) is 12.7 Å². The van der Waals surface area contributed by atoms with Crippen molar-refractivity contribution >= 4 is 32.9 Å². The molecule has 1 aromatic heterocycles. The lowest BCUT2D eigenvalue weighted by atomic mass is 9.78. The zero-order valence-electron chi connectivity index (χ0n) is 24.3. The number of aldehydes is 1. The Kier molecular flexibility index (Phi) is 7.74. The van der Waals surface area contributed by atoms with E-state index < -0.39 is 26.7 Å². The maximum atomic E-state index is 13.8. The van der Waals surface area contributed by atoms with Crippen molar-refractivity contribution < 1.29 is 22.7 Å². The van der Waals surface area contributed by atoms with Crippen LogP contribution in [0.25, 0.3) is 10.9 Å². The lowest BCUT2D eigenvalue weighted by molar-refractivity contribution is -0.115. The van der Waals surface area contributed by atoms with Gasteiger partial charge in [-0.15, -0.1) is 6.58 Å². The molecule has 0 radical (unpaired) electrons. The van der Waals surface area contributed by atoms with Crippen LogP contribution in [0.5, 0.6) is 11.5 Å². The smallest absolute Gasteiger partial charge is 0.224 e. The lowest BCUT2D eigenvalue weighted by Gasteiger charge is -2.39. The Morgan fingerprint density at radius 3 is 2.39 bits per heavy atom. The summed E-state index contributed by atoms with van der Waals surface area (Å²) in [5, 5.41) is 7.01. The van der Waals surface area contributed by atoms with Gasteiger partial charge in [0.1, 0.15) is 17.6 Å². The van der Waals surface area contributed by atoms with Gasteiger partial charge in [-0.05, 0) is 60.2 Å². The van der Waals surface area contributed by atoms with E-state index in [1.54, 1.807) is 18.5 Å². The number of carbonyl (C=O) groups is 1. The molecule has 3 aromatic rings. The van der Waals surface area contributed by atoms with Crippen LogP contribution < -0.4 is 9.47 Å². The normalized spacial score (nSPS) is 20.6. The summed E-state index contributed by atoms with van der Waals surface area (Å²) in [4.78, 5) is 12.4. The van der Waals surface area contributed by atoms with Crippen molar-refractivity contribution in [3.8, 4) is 11.5 Å². The number of benzene rings is 2. The van der Waals surface area contributed by atoms with E-state index in [0.29, 0.717) is 43.0 Å². The number of hydrazone groups is 1. The monoisotopic (exact) mass is 578 g/mol. The van der Waals surface area contributed by atoms with E-state index in [-0.39, 0.29) is 6.04 Å². The Hall–Kier alpha value is -3.63. The number of aryl methyl sites for hydroxylation is 1. The summed E-state index contributed by atoms with van der Waals surface area (Å²) >= 11 is 0. The van der Waals surface area contributed by atoms with Crippen molar-refractivity contribution in [2.24, 2.45) is 17.6 Å². The first kappa shape index (κ1) is 28.9. The number of nitrogens with zero attached hydrogens (tertiary/aromatic N) is 4. The van der Waals surface area contributed by atoms with Crippen molar-refractivity contribution in [2.45, 2.75) is 44.0 Å². The summed E-state index contributed by atoms with van der Waals surface area (Å²) in [5.41, 5.74) is 2.82. The number of sulfonamides is 1. The number of rotatable bonds is 9. The molecule has 3 heterocycles. The highest BCUT2D eigenvalue weighted by Crippen LogP contribution is 2.41. The molecule has 2 aliphatic heterocycles. The Bertz CT molecular complexity index is 1600. The summed E-state index contributed by atoms with van der Waals surface area (Å²) < 4.78 is 42.0. The van der Waals surface area contributed by atoms with Gasteiger partial charge in [0.05, 0.1) is 26.0 Å². The molecule has 2 unspecified atom stereocenters. The number of hydrogen-bond donors (Lipinski definition) is 0. The highest BCUT2D eigenvalue weighted by atomic mass is 32.2. The topological polar surface area (TPSA) is 93.4 Å². The zero-order chi connectivity index (χ0) is 29.5. The molecule has 0 spiro atoms. The van der Waals surface area contributed by atoms with Crippen LogP contribution >= 0.6 is 0 Å². The maximum Gasteiger partial charge on any atom is 0.224 e. The van der Waals surface area contributed by atoms with Gasteiger partial charge in [0.15, 0.2) is 11.5 Å². The number of fused-ring (bicyclic) bond motifs is 1. The number of methoxy groups -OCH3 is 2. The zero-order valence-corrected chi connectivity index (χ0v) is 25.1. The largest absolute Gasteiger partial charge is 0.493 e. The van der Waals surface area contributed by atoms with Crippen molar-refractivity contribution in [3.05, 3.63) is 72.4 Å². The fourth-order valence-electron chi connectivity index (χ4n) is 6.16. The SMILES string of the molecule is C=CC(c1ccc2c(ccn2C)c1)S(=O)(=O)N1CCC(N2N=C(c3ccc(OC)c(OC)c3)C(C)(C)C2C=O)CC1. The first-order chi connectivity index (χ1) is 19.6. The average Bonchev–Trinajstić information content (AvgIpc) is 3.47. The average molecular weight is 579 g/mol. The molecule has 2 aliphatic rings. The van der Waals surface area contributed by atoms with Crippen molar-refractivity contribution in [1.29, 1.82) is 0 Å². The fourth-order valence-corrected chi connectivity index (χ4v) is 7.94. The van der Waals surface area contributed by atoms with Crippen LogP contribution in [0, 0.1) is 5.41 Å². The second-order valence-electron chi connectivity index (χ2n) is 11.3. The van der Waals surface area contributed by atoms with Crippen molar-refractivity contribution in [1.82, 2.24) is 13.9 Å². The van der Waals surface area contributed by atoms with Gasteiger partial charge in [-0.2, -0.15) is 5.10 Å². The Morgan fingerprint density at radius 1 is 1.05 bits per heavy atom. The van der Waals surface area contributed by atoms with Gasteiger partial charge in [-0.1, -0.05) is 26.0 Å². The van der Waals surface area contributed by atoms with Gasteiger partial charge < -0.3 is 18.8 Å². The van der Waals surface area contributed by atoms with Crippen LogP contribution in [0.15, 0.2) is 66.4 Å². The van der Waals surface area contributed by atoms with E-state index in [9.17, 15) is 13.2 Å². The third kappa shape index (κ3) is 4.93. The molecule has 218 valence electrons. The summed E-state index contributed by atoms with van der Waals surface area (Å²) in [6.07, 6.45) is 5.54. The van der Waals surface area contributed by atoms with Gasteiger partial charge in [0.25, 0.3) is 0 Å².